The maximum absolute atomic E-state index is 5.62. The van der Waals surface area contributed by atoms with Crippen LogP contribution >= 0.6 is 0 Å². The van der Waals surface area contributed by atoms with E-state index in [2.05, 4.69) is 26.0 Å². The highest BCUT2D eigenvalue weighted by atomic mass is 16.5. The zero-order valence-corrected chi connectivity index (χ0v) is 8.50. The summed E-state index contributed by atoms with van der Waals surface area (Å²) in [6, 6.07) is 6.18. The van der Waals surface area contributed by atoms with Gasteiger partial charge in [-0.2, -0.15) is 0 Å². The second-order valence-electron chi connectivity index (χ2n) is 3.10. The summed E-state index contributed by atoms with van der Waals surface area (Å²) in [4.78, 5) is 0. The number of aryl methyl sites for hydroxylation is 2. The summed E-state index contributed by atoms with van der Waals surface area (Å²) in [7, 11) is 0. The van der Waals surface area contributed by atoms with Gasteiger partial charge in [-0.25, -0.2) is 0 Å². The van der Waals surface area contributed by atoms with Crippen LogP contribution in [0.25, 0.3) is 0 Å². The van der Waals surface area contributed by atoms with Crippen molar-refractivity contribution in [2.75, 3.05) is 6.61 Å². The fourth-order valence-electron chi connectivity index (χ4n) is 1.25. The topological polar surface area (TPSA) is 9.23 Å². The molecular formula is C12H16O. The molecule has 70 valence electrons. The Balaban J connectivity index is 2.75. The first-order valence-electron chi connectivity index (χ1n) is 4.56. The molecule has 0 aliphatic rings. The average molecular weight is 176 g/mol. The van der Waals surface area contributed by atoms with E-state index < -0.39 is 0 Å². The van der Waals surface area contributed by atoms with Gasteiger partial charge in [0.2, 0.25) is 0 Å². The Labute approximate surface area is 80.0 Å². The first-order valence-corrected chi connectivity index (χ1v) is 4.56. The monoisotopic (exact) mass is 176 g/mol. The van der Waals surface area contributed by atoms with Gasteiger partial charge in [0, 0.05) is 0 Å². The molecule has 0 heterocycles. The molecule has 0 unspecified atom stereocenters. The highest BCUT2D eigenvalue weighted by molar-refractivity contribution is 5.39. The normalized spacial score (nSPS) is 10.7. The van der Waals surface area contributed by atoms with Crippen LogP contribution in [0.15, 0.2) is 30.4 Å². The number of rotatable bonds is 3. The minimum absolute atomic E-state index is 0.655. The molecule has 0 aliphatic carbocycles. The van der Waals surface area contributed by atoms with Gasteiger partial charge in [-0.05, 0) is 31.9 Å². The van der Waals surface area contributed by atoms with Gasteiger partial charge in [0.1, 0.15) is 12.4 Å². The van der Waals surface area contributed by atoms with Crippen molar-refractivity contribution in [3.8, 4) is 5.75 Å². The minimum atomic E-state index is 0.655. The zero-order valence-electron chi connectivity index (χ0n) is 8.50. The number of allylic oxidation sites excluding steroid dienone is 1. The highest BCUT2D eigenvalue weighted by Gasteiger charge is 2.00. The lowest BCUT2D eigenvalue weighted by Crippen LogP contribution is -1.97. The van der Waals surface area contributed by atoms with Crippen molar-refractivity contribution < 1.29 is 4.74 Å². The molecule has 1 aromatic rings. The van der Waals surface area contributed by atoms with Crippen molar-refractivity contribution in [3.05, 3.63) is 41.5 Å². The van der Waals surface area contributed by atoms with Gasteiger partial charge in [0.05, 0.1) is 0 Å². The van der Waals surface area contributed by atoms with Crippen LogP contribution in [0.4, 0.5) is 0 Å². The molecular weight excluding hydrogens is 160 g/mol. The van der Waals surface area contributed by atoms with Gasteiger partial charge < -0.3 is 4.74 Å². The number of para-hydroxylation sites is 1. The average Bonchev–Trinajstić information content (AvgIpc) is 2.10. The van der Waals surface area contributed by atoms with Crippen molar-refractivity contribution in [1.82, 2.24) is 0 Å². The van der Waals surface area contributed by atoms with E-state index in [1.807, 2.05) is 25.1 Å². The fraction of sp³-hybridized carbons (Fsp3) is 0.333. The third-order valence-corrected chi connectivity index (χ3v) is 1.97. The van der Waals surface area contributed by atoms with E-state index in [0.29, 0.717) is 6.61 Å². The Hall–Kier alpha value is -1.24. The van der Waals surface area contributed by atoms with Crippen LogP contribution < -0.4 is 4.74 Å². The molecule has 0 spiro atoms. The van der Waals surface area contributed by atoms with Crippen LogP contribution in [0.3, 0.4) is 0 Å². The largest absolute Gasteiger partial charge is 0.489 e. The van der Waals surface area contributed by atoms with Crippen molar-refractivity contribution in [1.29, 1.82) is 0 Å². The molecule has 0 bridgehead atoms. The van der Waals surface area contributed by atoms with Crippen LogP contribution in [0.2, 0.25) is 0 Å². The molecule has 0 N–H and O–H groups in total. The highest BCUT2D eigenvalue weighted by Crippen LogP contribution is 2.21. The number of hydrogen-bond donors (Lipinski definition) is 0. The van der Waals surface area contributed by atoms with Gasteiger partial charge in [0.15, 0.2) is 0 Å². The van der Waals surface area contributed by atoms with Gasteiger partial charge >= 0.3 is 0 Å². The summed E-state index contributed by atoms with van der Waals surface area (Å²) in [5.41, 5.74) is 2.40. The lowest BCUT2D eigenvalue weighted by Gasteiger charge is -2.09. The molecule has 0 saturated heterocycles. The molecule has 0 radical (unpaired) electrons. The Kier molecular flexibility index (Phi) is 3.56. The van der Waals surface area contributed by atoms with Crippen LogP contribution in [-0.2, 0) is 0 Å². The second kappa shape index (κ2) is 4.70. The quantitative estimate of drug-likeness (QED) is 0.642. The van der Waals surface area contributed by atoms with E-state index in [4.69, 9.17) is 4.74 Å². The van der Waals surface area contributed by atoms with Crippen LogP contribution in [-0.4, -0.2) is 6.61 Å². The summed E-state index contributed by atoms with van der Waals surface area (Å²) in [5.74, 6) is 1.01. The summed E-state index contributed by atoms with van der Waals surface area (Å²) < 4.78 is 5.62. The van der Waals surface area contributed by atoms with Gasteiger partial charge in [-0.1, -0.05) is 30.4 Å². The lowest BCUT2D eigenvalue weighted by molar-refractivity contribution is 0.357. The predicted octanol–water partition coefficient (Wildman–Crippen LogP) is 3.26. The number of ether oxygens (including phenoxy) is 1. The summed E-state index contributed by atoms with van der Waals surface area (Å²) in [6.45, 7) is 6.78. The van der Waals surface area contributed by atoms with E-state index in [1.165, 1.54) is 11.1 Å². The van der Waals surface area contributed by atoms with Crippen LogP contribution in [0.5, 0.6) is 5.75 Å². The van der Waals surface area contributed by atoms with E-state index in [9.17, 15) is 0 Å². The first kappa shape index (κ1) is 9.85. The molecule has 0 aliphatic heterocycles. The molecule has 1 rings (SSSR count). The van der Waals surface area contributed by atoms with Crippen LogP contribution in [0.1, 0.15) is 18.1 Å². The lowest BCUT2D eigenvalue weighted by atomic mass is 10.1. The predicted molar refractivity (Wildman–Crippen MR) is 56.2 cm³/mol. The van der Waals surface area contributed by atoms with Crippen molar-refractivity contribution >= 4 is 0 Å². The number of benzene rings is 1. The summed E-state index contributed by atoms with van der Waals surface area (Å²) in [6.07, 6.45) is 4.00. The smallest absolute Gasteiger partial charge is 0.125 e. The van der Waals surface area contributed by atoms with Gasteiger partial charge in [-0.3, -0.25) is 0 Å². The fourth-order valence-corrected chi connectivity index (χ4v) is 1.25. The third kappa shape index (κ3) is 2.62. The van der Waals surface area contributed by atoms with E-state index in [1.54, 1.807) is 0 Å². The van der Waals surface area contributed by atoms with E-state index in [-0.39, 0.29) is 0 Å². The maximum atomic E-state index is 5.62. The van der Waals surface area contributed by atoms with E-state index in [0.717, 1.165) is 5.75 Å². The maximum Gasteiger partial charge on any atom is 0.125 e. The Morgan fingerprint density at radius 2 is 1.85 bits per heavy atom. The molecule has 1 heteroatoms. The van der Waals surface area contributed by atoms with Crippen molar-refractivity contribution in [3.63, 3.8) is 0 Å². The molecule has 0 aromatic heterocycles. The number of hydrogen-bond acceptors (Lipinski definition) is 1. The third-order valence-electron chi connectivity index (χ3n) is 1.97. The Bertz CT molecular complexity index is 280. The molecule has 0 fully saturated rings. The first-order chi connectivity index (χ1) is 6.25. The minimum Gasteiger partial charge on any atom is -0.489 e. The van der Waals surface area contributed by atoms with E-state index >= 15 is 0 Å². The Morgan fingerprint density at radius 1 is 1.23 bits per heavy atom. The second-order valence-corrected chi connectivity index (χ2v) is 3.10. The summed E-state index contributed by atoms with van der Waals surface area (Å²) >= 11 is 0. The zero-order chi connectivity index (χ0) is 9.68. The molecule has 1 nitrogen and oxygen atoms in total. The molecule has 13 heavy (non-hydrogen) atoms. The van der Waals surface area contributed by atoms with Crippen molar-refractivity contribution in [2.45, 2.75) is 20.8 Å². The van der Waals surface area contributed by atoms with Gasteiger partial charge in [0.25, 0.3) is 0 Å². The summed E-state index contributed by atoms with van der Waals surface area (Å²) in [5, 5.41) is 0. The molecule has 0 saturated carbocycles. The standard InChI is InChI=1S/C12H16O/c1-4-5-9-13-12-10(2)7-6-8-11(12)3/h4-8H,9H2,1-3H3/b5-4-. The van der Waals surface area contributed by atoms with Gasteiger partial charge in [-0.15, -0.1) is 0 Å². The Morgan fingerprint density at radius 3 is 2.38 bits per heavy atom. The van der Waals surface area contributed by atoms with Crippen LogP contribution in [0, 0.1) is 13.8 Å². The molecule has 0 atom stereocenters. The molecule has 0 amide bonds. The van der Waals surface area contributed by atoms with Crippen molar-refractivity contribution in [2.24, 2.45) is 0 Å². The molecule has 1 aromatic carbocycles. The SMILES string of the molecule is C/C=C\COc1c(C)cccc1C.